The van der Waals surface area contributed by atoms with Gasteiger partial charge >= 0.3 is 0 Å². The standard InChI is InChI=1S/C10H10N6O2/c11-9(8-10(12)16-18-15-8)14-13-5-6-3-1-2-4-7(6)17/h1-5,17H,(H2,11,14)(H2,12,16)/p+1/b13-5+. The summed E-state index contributed by atoms with van der Waals surface area (Å²) >= 11 is 0. The van der Waals surface area contributed by atoms with Gasteiger partial charge in [0.05, 0.1) is 5.56 Å². The number of hydrogen-bond acceptors (Lipinski definition) is 6. The Hall–Kier alpha value is -2.90. The highest BCUT2D eigenvalue weighted by Crippen LogP contribution is 2.11. The van der Waals surface area contributed by atoms with Crippen molar-refractivity contribution >= 4 is 17.9 Å². The molecular weight excluding hydrogens is 236 g/mol. The summed E-state index contributed by atoms with van der Waals surface area (Å²) in [5, 5.41) is 22.7. The predicted molar refractivity (Wildman–Crippen MR) is 63.7 cm³/mol. The number of rotatable bonds is 3. The summed E-state index contributed by atoms with van der Waals surface area (Å²) in [5.41, 5.74) is 11.8. The third-order valence-electron chi connectivity index (χ3n) is 2.10. The number of phenols is 1. The van der Waals surface area contributed by atoms with Crippen LogP contribution in [-0.2, 0) is 0 Å². The van der Waals surface area contributed by atoms with Gasteiger partial charge in [0, 0.05) is 5.10 Å². The van der Waals surface area contributed by atoms with Crippen molar-refractivity contribution in [2.24, 2.45) is 10.8 Å². The van der Waals surface area contributed by atoms with Crippen LogP contribution < -0.4 is 16.6 Å². The van der Waals surface area contributed by atoms with E-state index in [2.05, 4.69) is 25.1 Å². The molecule has 0 atom stereocenters. The molecule has 0 saturated heterocycles. The molecule has 1 heterocycles. The Labute approximate surface area is 102 Å². The first-order chi connectivity index (χ1) is 8.68. The van der Waals surface area contributed by atoms with Gasteiger partial charge in [-0.2, -0.15) is 0 Å². The molecular formula is C10H11N6O2+. The number of benzene rings is 1. The fraction of sp³-hybridized carbons (Fsp3) is 0. The van der Waals surface area contributed by atoms with Gasteiger partial charge in [0.15, 0.2) is 11.5 Å². The first-order valence-corrected chi connectivity index (χ1v) is 4.97. The SMILES string of the molecule is NC(=N/[NH+]=C/c1ccccc1O)c1nonc1N. The fourth-order valence-corrected chi connectivity index (χ4v) is 1.21. The second-order valence-corrected chi connectivity index (χ2v) is 3.33. The maximum Gasteiger partial charge on any atom is 0.224 e. The normalized spacial score (nSPS) is 12.1. The number of amidine groups is 1. The largest absolute Gasteiger partial charge is 0.507 e. The number of aromatic hydroxyl groups is 1. The molecule has 0 spiro atoms. The second-order valence-electron chi connectivity index (χ2n) is 3.33. The summed E-state index contributed by atoms with van der Waals surface area (Å²) in [6.07, 6.45) is 1.48. The maximum atomic E-state index is 9.50. The summed E-state index contributed by atoms with van der Waals surface area (Å²) in [6, 6.07) is 6.76. The smallest absolute Gasteiger partial charge is 0.224 e. The fourth-order valence-electron chi connectivity index (χ4n) is 1.21. The van der Waals surface area contributed by atoms with Gasteiger partial charge in [-0.3, -0.25) is 0 Å². The van der Waals surface area contributed by atoms with Crippen LogP contribution in [0.25, 0.3) is 0 Å². The van der Waals surface area contributed by atoms with E-state index >= 15 is 0 Å². The van der Waals surface area contributed by atoms with E-state index in [-0.39, 0.29) is 23.1 Å². The summed E-state index contributed by atoms with van der Waals surface area (Å²) < 4.78 is 4.39. The molecule has 1 aromatic heterocycles. The van der Waals surface area contributed by atoms with Crippen LogP contribution in [0.5, 0.6) is 5.75 Å². The molecule has 18 heavy (non-hydrogen) atoms. The second kappa shape index (κ2) is 4.95. The predicted octanol–water partition coefficient (Wildman–Crippen LogP) is -1.82. The van der Waals surface area contributed by atoms with Crippen LogP contribution in [0.4, 0.5) is 5.82 Å². The van der Waals surface area contributed by atoms with Crippen LogP contribution >= 0.6 is 0 Å². The average molecular weight is 247 g/mol. The van der Waals surface area contributed by atoms with Crippen molar-refractivity contribution in [3.63, 3.8) is 0 Å². The van der Waals surface area contributed by atoms with E-state index in [0.717, 1.165) is 0 Å². The van der Waals surface area contributed by atoms with Crippen molar-refractivity contribution in [3.05, 3.63) is 35.5 Å². The molecule has 2 rings (SSSR count). The highest BCUT2D eigenvalue weighted by molar-refractivity contribution is 5.98. The van der Waals surface area contributed by atoms with Gasteiger partial charge in [-0.05, 0) is 22.4 Å². The van der Waals surface area contributed by atoms with E-state index < -0.39 is 0 Å². The molecule has 0 aliphatic rings. The number of phenolic OH excluding ortho intramolecular Hbond substituents is 1. The molecule has 0 unspecified atom stereocenters. The van der Waals surface area contributed by atoms with Gasteiger partial charge in [0.1, 0.15) is 5.75 Å². The van der Waals surface area contributed by atoms with E-state index in [0.29, 0.717) is 5.56 Å². The van der Waals surface area contributed by atoms with Gasteiger partial charge in [-0.25, -0.2) is 4.63 Å². The number of aromatic nitrogens is 2. The lowest BCUT2D eigenvalue weighted by atomic mass is 10.2. The summed E-state index contributed by atoms with van der Waals surface area (Å²) in [4.78, 5) is 0. The van der Waals surface area contributed by atoms with Crippen LogP contribution in [0.15, 0.2) is 34.0 Å². The molecule has 0 aliphatic carbocycles. The molecule has 0 bridgehead atoms. The minimum atomic E-state index is 0.0282. The molecule has 92 valence electrons. The zero-order valence-corrected chi connectivity index (χ0v) is 9.24. The van der Waals surface area contributed by atoms with Gasteiger partial charge in [0.25, 0.3) is 0 Å². The van der Waals surface area contributed by atoms with Crippen molar-refractivity contribution in [1.82, 2.24) is 10.3 Å². The maximum absolute atomic E-state index is 9.50. The number of nitrogens with one attached hydrogen (secondary N) is 1. The minimum absolute atomic E-state index is 0.0282. The van der Waals surface area contributed by atoms with Crippen LogP contribution in [0.1, 0.15) is 11.3 Å². The Morgan fingerprint density at radius 1 is 1.39 bits per heavy atom. The van der Waals surface area contributed by atoms with Crippen molar-refractivity contribution in [3.8, 4) is 5.75 Å². The number of anilines is 1. The molecule has 0 saturated carbocycles. The van der Waals surface area contributed by atoms with Crippen LogP contribution in [0, 0.1) is 0 Å². The van der Waals surface area contributed by atoms with Crippen LogP contribution in [0.2, 0.25) is 0 Å². The van der Waals surface area contributed by atoms with E-state index in [4.69, 9.17) is 11.5 Å². The lowest BCUT2D eigenvalue weighted by Gasteiger charge is -1.92. The molecule has 0 radical (unpaired) electrons. The van der Waals surface area contributed by atoms with Crippen molar-refractivity contribution < 1.29 is 14.8 Å². The molecule has 8 heteroatoms. The lowest BCUT2D eigenvalue weighted by molar-refractivity contribution is -0.456. The Morgan fingerprint density at radius 3 is 2.83 bits per heavy atom. The van der Waals surface area contributed by atoms with Crippen molar-refractivity contribution in [1.29, 1.82) is 0 Å². The zero-order chi connectivity index (χ0) is 13.0. The Morgan fingerprint density at radius 2 is 2.17 bits per heavy atom. The molecule has 1 aromatic carbocycles. The molecule has 6 N–H and O–H groups in total. The number of nitrogen functional groups attached to an aromatic ring is 1. The molecule has 2 aromatic rings. The Kier molecular flexibility index (Phi) is 3.19. The summed E-state index contributed by atoms with van der Waals surface area (Å²) in [6.45, 7) is 0. The van der Waals surface area contributed by atoms with Gasteiger partial charge in [-0.15, -0.1) is 5.10 Å². The monoisotopic (exact) mass is 247 g/mol. The Balaban J connectivity index is 2.16. The highest BCUT2D eigenvalue weighted by Gasteiger charge is 2.11. The van der Waals surface area contributed by atoms with E-state index in [1.54, 1.807) is 24.3 Å². The van der Waals surface area contributed by atoms with Gasteiger partial charge < -0.3 is 16.6 Å². The van der Waals surface area contributed by atoms with Crippen molar-refractivity contribution in [2.45, 2.75) is 0 Å². The molecule has 0 aliphatic heterocycles. The number of nitrogens with zero attached hydrogens (tertiary/aromatic N) is 3. The van der Waals surface area contributed by atoms with Crippen molar-refractivity contribution in [2.75, 3.05) is 5.73 Å². The molecule has 0 fully saturated rings. The van der Waals surface area contributed by atoms with E-state index in [9.17, 15) is 5.11 Å². The quantitative estimate of drug-likeness (QED) is 0.286. The highest BCUT2D eigenvalue weighted by atomic mass is 16.6. The van der Waals surface area contributed by atoms with E-state index in [1.165, 1.54) is 6.21 Å². The first-order valence-electron chi connectivity index (χ1n) is 4.97. The van der Waals surface area contributed by atoms with Crippen LogP contribution in [-0.4, -0.2) is 27.5 Å². The Bertz CT molecular complexity index is 604. The van der Waals surface area contributed by atoms with Gasteiger partial charge in [0.2, 0.25) is 12.1 Å². The third kappa shape index (κ3) is 2.43. The third-order valence-corrected chi connectivity index (χ3v) is 2.10. The van der Waals surface area contributed by atoms with Gasteiger partial charge in [-0.1, -0.05) is 12.1 Å². The zero-order valence-electron chi connectivity index (χ0n) is 9.24. The topological polar surface area (TPSA) is 138 Å². The van der Waals surface area contributed by atoms with E-state index in [1.807, 2.05) is 0 Å². The lowest BCUT2D eigenvalue weighted by Crippen LogP contribution is -2.63. The summed E-state index contributed by atoms with van der Waals surface area (Å²) in [7, 11) is 0. The number of para-hydroxylation sites is 1. The minimum Gasteiger partial charge on any atom is -0.507 e. The number of hydrogen-bond donors (Lipinski definition) is 4. The average Bonchev–Trinajstić information content (AvgIpc) is 2.78. The van der Waals surface area contributed by atoms with Crippen LogP contribution in [0.3, 0.4) is 0 Å². The molecule has 8 nitrogen and oxygen atoms in total. The number of nitrogens with two attached hydrogens (primary N) is 2. The summed E-state index contributed by atoms with van der Waals surface area (Å²) in [5.74, 6) is 0.211. The first kappa shape index (κ1) is 11.6. The number of hydrazone groups is 1. The molecule has 0 amide bonds.